The van der Waals surface area contributed by atoms with E-state index in [4.69, 9.17) is 9.47 Å². The number of methoxy groups -OCH3 is 2. The topological polar surface area (TPSA) is 91.4 Å². The fourth-order valence-corrected chi connectivity index (χ4v) is 5.34. The second-order valence-electron chi connectivity index (χ2n) is 9.76. The number of nitrogens with zero attached hydrogens (tertiary/aromatic N) is 3. The summed E-state index contributed by atoms with van der Waals surface area (Å²) >= 11 is 0. The summed E-state index contributed by atoms with van der Waals surface area (Å²) in [7, 11) is 3.12. The SMILES string of the molecule is COc1cc(OC)cc(C(=O)N2CCC(C(=O)N3CCN(C(=O)NC4CCCCC4)CC3)CC2)c1. The zero-order valence-corrected chi connectivity index (χ0v) is 21.0. The highest BCUT2D eigenvalue weighted by atomic mass is 16.5. The maximum absolute atomic E-state index is 13.1. The quantitative estimate of drug-likeness (QED) is 0.691. The molecule has 0 bridgehead atoms. The number of ether oxygens (including phenoxy) is 2. The van der Waals surface area contributed by atoms with E-state index in [2.05, 4.69) is 5.32 Å². The van der Waals surface area contributed by atoms with E-state index in [0.29, 0.717) is 75.2 Å². The van der Waals surface area contributed by atoms with Crippen molar-refractivity contribution in [2.45, 2.75) is 51.0 Å². The minimum atomic E-state index is -0.0819. The van der Waals surface area contributed by atoms with Gasteiger partial charge >= 0.3 is 6.03 Å². The van der Waals surface area contributed by atoms with E-state index in [1.165, 1.54) is 19.3 Å². The molecule has 9 nitrogen and oxygen atoms in total. The number of carbonyl (C=O) groups is 3. The first-order valence-electron chi connectivity index (χ1n) is 12.8. The molecular weight excluding hydrogens is 448 g/mol. The molecule has 4 rings (SSSR count). The van der Waals surface area contributed by atoms with E-state index in [1.54, 1.807) is 37.3 Å². The Kier molecular flexibility index (Phi) is 8.36. The average molecular weight is 487 g/mol. The van der Waals surface area contributed by atoms with Gasteiger partial charge in [-0.2, -0.15) is 0 Å². The molecule has 0 unspecified atom stereocenters. The summed E-state index contributed by atoms with van der Waals surface area (Å²) in [5.41, 5.74) is 0.522. The first kappa shape index (κ1) is 25.1. The van der Waals surface area contributed by atoms with Crippen LogP contribution in [0.15, 0.2) is 18.2 Å². The van der Waals surface area contributed by atoms with Crippen LogP contribution in [0.5, 0.6) is 11.5 Å². The van der Waals surface area contributed by atoms with Gasteiger partial charge in [0.2, 0.25) is 5.91 Å². The largest absolute Gasteiger partial charge is 0.497 e. The van der Waals surface area contributed by atoms with Gasteiger partial charge in [0.25, 0.3) is 5.91 Å². The van der Waals surface area contributed by atoms with Gasteiger partial charge in [-0.3, -0.25) is 9.59 Å². The molecule has 1 aliphatic carbocycles. The first-order valence-corrected chi connectivity index (χ1v) is 12.8. The van der Waals surface area contributed by atoms with Crippen LogP contribution in [0.1, 0.15) is 55.3 Å². The Morgan fingerprint density at radius 2 is 1.31 bits per heavy atom. The third kappa shape index (κ3) is 6.18. The maximum Gasteiger partial charge on any atom is 0.317 e. The summed E-state index contributed by atoms with van der Waals surface area (Å²) in [4.78, 5) is 44.3. The predicted octanol–water partition coefficient (Wildman–Crippen LogP) is 2.74. The van der Waals surface area contributed by atoms with Gasteiger partial charge < -0.3 is 29.5 Å². The van der Waals surface area contributed by atoms with Crippen molar-refractivity contribution in [2.75, 3.05) is 53.5 Å². The second-order valence-corrected chi connectivity index (χ2v) is 9.76. The van der Waals surface area contributed by atoms with Gasteiger partial charge in [0.1, 0.15) is 11.5 Å². The lowest BCUT2D eigenvalue weighted by Gasteiger charge is -2.39. The Hall–Kier alpha value is -2.97. The summed E-state index contributed by atoms with van der Waals surface area (Å²) in [6.07, 6.45) is 7.06. The maximum atomic E-state index is 13.1. The molecule has 2 saturated heterocycles. The van der Waals surface area contributed by atoms with Crippen molar-refractivity contribution in [3.05, 3.63) is 23.8 Å². The zero-order valence-electron chi connectivity index (χ0n) is 21.0. The van der Waals surface area contributed by atoms with E-state index >= 15 is 0 Å². The van der Waals surface area contributed by atoms with Gasteiger partial charge in [-0.15, -0.1) is 0 Å². The molecule has 1 saturated carbocycles. The first-order chi connectivity index (χ1) is 17.0. The highest BCUT2D eigenvalue weighted by molar-refractivity contribution is 5.95. The van der Waals surface area contributed by atoms with Crippen LogP contribution in [0.4, 0.5) is 4.79 Å². The summed E-state index contributed by atoms with van der Waals surface area (Å²) < 4.78 is 10.6. The molecule has 1 aromatic rings. The second kappa shape index (κ2) is 11.6. The number of nitrogens with one attached hydrogen (secondary N) is 1. The van der Waals surface area contributed by atoms with Crippen molar-refractivity contribution in [1.82, 2.24) is 20.0 Å². The van der Waals surface area contributed by atoms with Crippen LogP contribution in [0.25, 0.3) is 0 Å². The zero-order chi connectivity index (χ0) is 24.8. The Morgan fingerprint density at radius 3 is 1.89 bits per heavy atom. The van der Waals surface area contributed by atoms with Gasteiger partial charge in [-0.25, -0.2) is 4.79 Å². The number of rotatable bonds is 5. The van der Waals surface area contributed by atoms with Crippen molar-refractivity contribution in [3.63, 3.8) is 0 Å². The monoisotopic (exact) mass is 486 g/mol. The van der Waals surface area contributed by atoms with E-state index in [1.807, 2.05) is 9.80 Å². The molecule has 2 aliphatic heterocycles. The highest BCUT2D eigenvalue weighted by Crippen LogP contribution is 2.26. The predicted molar refractivity (Wildman–Crippen MR) is 132 cm³/mol. The fourth-order valence-electron chi connectivity index (χ4n) is 5.34. The average Bonchev–Trinajstić information content (AvgIpc) is 2.92. The molecule has 1 N–H and O–H groups in total. The van der Waals surface area contributed by atoms with Gasteiger partial charge in [-0.05, 0) is 37.8 Å². The van der Waals surface area contributed by atoms with Crippen LogP contribution in [-0.4, -0.2) is 92.1 Å². The van der Waals surface area contributed by atoms with Crippen molar-refractivity contribution >= 4 is 17.8 Å². The molecule has 1 aromatic carbocycles. The summed E-state index contributed by atoms with van der Waals surface area (Å²) in [6.45, 7) is 3.36. The minimum absolute atomic E-state index is 0.00462. The van der Waals surface area contributed by atoms with Crippen LogP contribution in [0, 0.1) is 5.92 Å². The third-order valence-electron chi connectivity index (χ3n) is 7.54. The smallest absolute Gasteiger partial charge is 0.317 e. The van der Waals surface area contributed by atoms with Crippen molar-refractivity contribution in [3.8, 4) is 11.5 Å². The highest BCUT2D eigenvalue weighted by Gasteiger charge is 2.33. The van der Waals surface area contributed by atoms with Gasteiger partial charge in [-0.1, -0.05) is 19.3 Å². The molecule has 0 spiro atoms. The van der Waals surface area contributed by atoms with Crippen LogP contribution in [0.2, 0.25) is 0 Å². The molecule has 3 fully saturated rings. The standard InChI is InChI=1S/C26H38N4O5/c1-34-22-16-20(17-23(18-22)35-2)25(32)28-10-8-19(9-11-28)24(31)29-12-14-30(15-13-29)26(33)27-21-6-4-3-5-7-21/h16-19,21H,3-15H2,1-2H3,(H,27,33). The number of amides is 4. The van der Waals surface area contributed by atoms with Crippen LogP contribution < -0.4 is 14.8 Å². The van der Waals surface area contributed by atoms with Gasteiger partial charge in [0.05, 0.1) is 14.2 Å². The van der Waals surface area contributed by atoms with Crippen molar-refractivity contribution < 1.29 is 23.9 Å². The molecule has 4 amide bonds. The van der Waals surface area contributed by atoms with E-state index < -0.39 is 0 Å². The number of carbonyl (C=O) groups excluding carboxylic acids is 3. The number of benzene rings is 1. The number of piperidine rings is 1. The van der Waals surface area contributed by atoms with Crippen LogP contribution in [-0.2, 0) is 4.79 Å². The van der Waals surface area contributed by atoms with E-state index in [-0.39, 0.29) is 23.8 Å². The number of hydrogen-bond donors (Lipinski definition) is 1. The van der Waals surface area contributed by atoms with Crippen molar-refractivity contribution in [2.24, 2.45) is 5.92 Å². The lowest BCUT2D eigenvalue weighted by Crippen LogP contribution is -2.56. The van der Waals surface area contributed by atoms with Gasteiger partial charge in [0, 0.05) is 62.9 Å². The number of urea groups is 1. The van der Waals surface area contributed by atoms with E-state index in [0.717, 1.165) is 12.8 Å². The Labute approximate surface area is 207 Å². The molecule has 0 radical (unpaired) electrons. The molecule has 3 aliphatic rings. The Balaban J connectivity index is 1.24. The fraction of sp³-hybridized carbons (Fsp3) is 0.654. The Morgan fingerprint density at radius 1 is 0.743 bits per heavy atom. The number of hydrogen-bond acceptors (Lipinski definition) is 5. The summed E-state index contributed by atoms with van der Waals surface area (Å²) in [6, 6.07) is 5.46. The summed E-state index contributed by atoms with van der Waals surface area (Å²) in [5.74, 6) is 1.13. The minimum Gasteiger partial charge on any atom is -0.497 e. The molecule has 0 aromatic heterocycles. The molecule has 192 valence electrons. The number of likely N-dealkylation sites (tertiary alicyclic amines) is 1. The lowest BCUT2D eigenvalue weighted by molar-refractivity contribution is -0.138. The Bertz CT molecular complexity index is 879. The van der Waals surface area contributed by atoms with Crippen molar-refractivity contribution in [1.29, 1.82) is 0 Å². The third-order valence-corrected chi connectivity index (χ3v) is 7.54. The molecule has 0 atom stereocenters. The lowest BCUT2D eigenvalue weighted by atomic mass is 9.94. The van der Waals surface area contributed by atoms with Gasteiger partial charge in [0.15, 0.2) is 0 Å². The van der Waals surface area contributed by atoms with Crippen LogP contribution >= 0.6 is 0 Å². The normalized spacial score (nSPS) is 19.9. The van der Waals surface area contributed by atoms with E-state index in [9.17, 15) is 14.4 Å². The molecule has 35 heavy (non-hydrogen) atoms. The van der Waals surface area contributed by atoms with Crippen LogP contribution in [0.3, 0.4) is 0 Å². The molecule has 9 heteroatoms. The number of piperazine rings is 1. The molecular formula is C26H38N4O5. The summed E-state index contributed by atoms with van der Waals surface area (Å²) in [5, 5.41) is 3.17. The molecule has 2 heterocycles.